The number of nitrogens with zero attached hydrogens (tertiary/aromatic N) is 4. The van der Waals surface area contributed by atoms with E-state index in [0.717, 1.165) is 27.9 Å². The van der Waals surface area contributed by atoms with Crippen molar-refractivity contribution < 1.29 is 4.79 Å². The molecule has 0 saturated carbocycles. The van der Waals surface area contributed by atoms with Gasteiger partial charge in [0.1, 0.15) is 17.9 Å². The van der Waals surface area contributed by atoms with Crippen molar-refractivity contribution in [2.24, 2.45) is 0 Å². The molecule has 0 bridgehead atoms. The van der Waals surface area contributed by atoms with Gasteiger partial charge >= 0.3 is 0 Å². The maximum atomic E-state index is 12.1. The molecule has 0 aliphatic heterocycles. The van der Waals surface area contributed by atoms with Crippen LogP contribution < -0.4 is 5.32 Å². The van der Waals surface area contributed by atoms with E-state index >= 15 is 0 Å². The summed E-state index contributed by atoms with van der Waals surface area (Å²) >= 11 is 0. The molecule has 4 aromatic rings. The van der Waals surface area contributed by atoms with Crippen LogP contribution in [0.5, 0.6) is 0 Å². The van der Waals surface area contributed by atoms with E-state index in [9.17, 15) is 4.79 Å². The summed E-state index contributed by atoms with van der Waals surface area (Å²) in [5, 5.41) is 11.0. The van der Waals surface area contributed by atoms with Gasteiger partial charge in [-0.15, -0.1) is 5.10 Å². The lowest BCUT2D eigenvalue weighted by Gasteiger charge is -2.04. The molecule has 7 nitrogen and oxygen atoms in total. The van der Waals surface area contributed by atoms with E-state index in [1.54, 1.807) is 4.68 Å². The molecule has 7 heteroatoms. The van der Waals surface area contributed by atoms with E-state index in [1.807, 2.05) is 48.5 Å². The minimum absolute atomic E-state index is 0.0956. The Hall–Kier alpha value is -3.22. The zero-order valence-electron chi connectivity index (χ0n) is 12.9. The average molecular weight is 320 g/mol. The molecule has 0 aliphatic rings. The number of carbonyl (C=O) groups excluding carboxylic acids is 1. The Morgan fingerprint density at radius 1 is 1.08 bits per heavy atom. The number of hydrogen-bond acceptors (Lipinski definition) is 4. The summed E-state index contributed by atoms with van der Waals surface area (Å²) in [5.74, 6) is 0.768. The maximum absolute atomic E-state index is 12.1. The monoisotopic (exact) mass is 320 g/mol. The number of fused-ring (bicyclic) bond motifs is 2. The van der Waals surface area contributed by atoms with Crippen LogP contribution in [0.2, 0.25) is 0 Å². The molecule has 1 amide bonds. The molecule has 0 atom stereocenters. The third-order valence-corrected chi connectivity index (χ3v) is 3.84. The van der Waals surface area contributed by atoms with Gasteiger partial charge in [-0.3, -0.25) is 4.79 Å². The lowest BCUT2D eigenvalue weighted by atomic mass is 10.3. The summed E-state index contributed by atoms with van der Waals surface area (Å²) in [7, 11) is 0. The van der Waals surface area contributed by atoms with Crippen molar-refractivity contribution in [1.29, 1.82) is 0 Å². The van der Waals surface area contributed by atoms with Crippen molar-refractivity contribution in [1.82, 2.24) is 30.3 Å². The Labute approximate surface area is 137 Å². The number of carbonyl (C=O) groups is 1. The number of imidazole rings is 1. The van der Waals surface area contributed by atoms with Crippen LogP contribution in [0.4, 0.5) is 0 Å². The molecule has 2 heterocycles. The summed E-state index contributed by atoms with van der Waals surface area (Å²) in [6.07, 6.45) is 0.651. The first kappa shape index (κ1) is 14.4. The third-order valence-electron chi connectivity index (χ3n) is 3.84. The molecule has 2 aromatic carbocycles. The molecule has 0 radical (unpaired) electrons. The van der Waals surface area contributed by atoms with Gasteiger partial charge in [-0.25, -0.2) is 9.67 Å². The van der Waals surface area contributed by atoms with E-state index in [1.165, 1.54) is 0 Å². The summed E-state index contributed by atoms with van der Waals surface area (Å²) in [5.41, 5.74) is 3.58. The highest BCUT2D eigenvalue weighted by Crippen LogP contribution is 2.10. The van der Waals surface area contributed by atoms with Crippen LogP contribution in [-0.2, 0) is 17.8 Å². The van der Waals surface area contributed by atoms with E-state index in [2.05, 4.69) is 25.6 Å². The molecular weight excluding hydrogens is 304 g/mol. The summed E-state index contributed by atoms with van der Waals surface area (Å²) in [6, 6.07) is 15.4. The van der Waals surface area contributed by atoms with Gasteiger partial charge in [-0.05, 0) is 24.3 Å². The molecular formula is C17H16N6O. The molecule has 0 fully saturated rings. The summed E-state index contributed by atoms with van der Waals surface area (Å²) in [6.45, 7) is 0.673. The van der Waals surface area contributed by atoms with Crippen molar-refractivity contribution in [2.45, 2.75) is 13.0 Å². The highest BCUT2D eigenvalue weighted by atomic mass is 16.2. The number of aromatic nitrogens is 5. The van der Waals surface area contributed by atoms with E-state index in [0.29, 0.717) is 13.0 Å². The second-order valence-corrected chi connectivity index (χ2v) is 5.54. The SMILES string of the molecule is O=C(Cn1nnc2ccccc21)NCCc1nc2ccccc2[nH]1. The first-order valence-corrected chi connectivity index (χ1v) is 7.78. The fraction of sp³-hybridized carbons (Fsp3) is 0.176. The van der Waals surface area contributed by atoms with Gasteiger partial charge < -0.3 is 10.3 Å². The van der Waals surface area contributed by atoms with Crippen LogP contribution in [0.3, 0.4) is 0 Å². The molecule has 24 heavy (non-hydrogen) atoms. The number of amides is 1. The molecule has 4 rings (SSSR count). The third kappa shape index (κ3) is 2.83. The van der Waals surface area contributed by atoms with E-state index in [-0.39, 0.29) is 12.5 Å². The lowest BCUT2D eigenvalue weighted by molar-refractivity contribution is -0.121. The number of para-hydroxylation sites is 3. The Kier molecular flexibility index (Phi) is 3.66. The van der Waals surface area contributed by atoms with Crippen molar-refractivity contribution in [3.05, 3.63) is 54.4 Å². The number of aromatic amines is 1. The lowest BCUT2D eigenvalue weighted by Crippen LogP contribution is -2.29. The number of rotatable bonds is 5. The van der Waals surface area contributed by atoms with Crippen molar-refractivity contribution >= 4 is 28.0 Å². The fourth-order valence-electron chi connectivity index (χ4n) is 2.67. The van der Waals surface area contributed by atoms with E-state index in [4.69, 9.17) is 0 Å². The van der Waals surface area contributed by atoms with Gasteiger partial charge in [0.25, 0.3) is 0 Å². The van der Waals surface area contributed by atoms with Crippen LogP contribution in [0.25, 0.3) is 22.1 Å². The largest absolute Gasteiger partial charge is 0.354 e. The number of H-pyrrole nitrogens is 1. The van der Waals surface area contributed by atoms with Crippen LogP contribution >= 0.6 is 0 Å². The molecule has 0 unspecified atom stereocenters. The molecule has 2 N–H and O–H groups in total. The summed E-state index contributed by atoms with van der Waals surface area (Å²) < 4.78 is 1.60. The second-order valence-electron chi connectivity index (χ2n) is 5.54. The van der Waals surface area contributed by atoms with Gasteiger partial charge in [-0.1, -0.05) is 29.5 Å². The van der Waals surface area contributed by atoms with Crippen LogP contribution in [-0.4, -0.2) is 37.4 Å². The quantitative estimate of drug-likeness (QED) is 0.585. The first-order valence-electron chi connectivity index (χ1n) is 7.78. The predicted octanol–water partition coefficient (Wildman–Crippen LogP) is 1.67. The Balaban J connectivity index is 1.35. The number of benzene rings is 2. The zero-order chi connectivity index (χ0) is 16.4. The van der Waals surface area contributed by atoms with Crippen LogP contribution in [0.1, 0.15) is 5.82 Å². The smallest absolute Gasteiger partial charge is 0.241 e. The highest BCUT2D eigenvalue weighted by molar-refractivity contribution is 5.79. The molecule has 0 saturated heterocycles. The minimum atomic E-state index is -0.0956. The first-order chi connectivity index (χ1) is 11.8. The number of nitrogens with one attached hydrogen (secondary N) is 2. The molecule has 0 aliphatic carbocycles. The summed E-state index contributed by atoms with van der Waals surface area (Å²) in [4.78, 5) is 19.8. The van der Waals surface area contributed by atoms with Gasteiger partial charge in [0.05, 0.1) is 16.6 Å². The van der Waals surface area contributed by atoms with Crippen LogP contribution in [0.15, 0.2) is 48.5 Å². The molecule has 2 aromatic heterocycles. The fourth-order valence-corrected chi connectivity index (χ4v) is 2.67. The topological polar surface area (TPSA) is 88.5 Å². The average Bonchev–Trinajstić information content (AvgIpc) is 3.19. The van der Waals surface area contributed by atoms with Gasteiger partial charge in [-0.2, -0.15) is 0 Å². The maximum Gasteiger partial charge on any atom is 0.241 e. The Morgan fingerprint density at radius 3 is 2.75 bits per heavy atom. The second kappa shape index (κ2) is 6.11. The van der Waals surface area contributed by atoms with Crippen molar-refractivity contribution in [3.8, 4) is 0 Å². The van der Waals surface area contributed by atoms with Gasteiger partial charge in [0, 0.05) is 13.0 Å². The number of hydrogen-bond donors (Lipinski definition) is 2. The predicted molar refractivity (Wildman–Crippen MR) is 90.3 cm³/mol. The van der Waals surface area contributed by atoms with Crippen molar-refractivity contribution in [2.75, 3.05) is 6.54 Å². The van der Waals surface area contributed by atoms with Crippen molar-refractivity contribution in [3.63, 3.8) is 0 Å². The zero-order valence-corrected chi connectivity index (χ0v) is 12.9. The minimum Gasteiger partial charge on any atom is -0.354 e. The normalized spacial score (nSPS) is 11.2. The Bertz CT molecular complexity index is 969. The van der Waals surface area contributed by atoms with Gasteiger partial charge in [0.2, 0.25) is 5.91 Å². The Morgan fingerprint density at radius 2 is 1.88 bits per heavy atom. The van der Waals surface area contributed by atoms with E-state index < -0.39 is 0 Å². The molecule has 0 spiro atoms. The van der Waals surface area contributed by atoms with Crippen LogP contribution in [0, 0.1) is 0 Å². The highest BCUT2D eigenvalue weighted by Gasteiger charge is 2.08. The molecule has 120 valence electrons. The van der Waals surface area contributed by atoms with Gasteiger partial charge in [0.15, 0.2) is 0 Å². The standard InChI is InChI=1S/C17H16N6O/c24-17(11-23-15-8-4-3-7-14(15)21-22-23)18-10-9-16-19-12-5-1-2-6-13(12)20-16/h1-8H,9-11H2,(H,18,24)(H,19,20).